The summed E-state index contributed by atoms with van der Waals surface area (Å²) in [6.45, 7) is 0. The van der Waals surface area contributed by atoms with E-state index in [1.54, 1.807) is 0 Å². The molecule has 0 fully saturated rings. The number of nitro groups is 1. The molecule has 0 spiro atoms. The van der Waals surface area contributed by atoms with Crippen LogP contribution < -0.4 is 0 Å². The standard InChI is InChI=1S/C8H2ClF4NO3/c9-4-1-3(7(15)8(11,12)13)6(14(16)17)2-5(4)10/h1-2H. The summed E-state index contributed by atoms with van der Waals surface area (Å²) >= 11 is 5.17. The molecule has 1 rings (SSSR count). The van der Waals surface area contributed by atoms with Gasteiger partial charge in [-0.3, -0.25) is 14.9 Å². The lowest BCUT2D eigenvalue weighted by Crippen LogP contribution is -2.23. The van der Waals surface area contributed by atoms with Gasteiger partial charge in [0, 0.05) is 0 Å². The first-order chi connectivity index (χ1) is 7.64. The monoisotopic (exact) mass is 271 g/mol. The van der Waals surface area contributed by atoms with Crippen molar-refractivity contribution in [2.24, 2.45) is 0 Å². The summed E-state index contributed by atoms with van der Waals surface area (Å²) in [5.74, 6) is -3.73. The minimum absolute atomic E-state index is 0.168. The van der Waals surface area contributed by atoms with Crippen molar-refractivity contribution in [1.82, 2.24) is 0 Å². The number of alkyl halides is 3. The second-order valence-electron chi connectivity index (χ2n) is 2.87. The van der Waals surface area contributed by atoms with E-state index in [4.69, 9.17) is 11.6 Å². The van der Waals surface area contributed by atoms with Gasteiger partial charge in [0.1, 0.15) is 11.4 Å². The number of carbonyl (C=O) groups is 1. The summed E-state index contributed by atoms with van der Waals surface area (Å²) in [7, 11) is 0. The predicted octanol–water partition coefficient (Wildman–Crippen LogP) is 3.13. The molecule has 0 aliphatic heterocycles. The van der Waals surface area contributed by atoms with E-state index >= 15 is 0 Å². The molecular weight excluding hydrogens is 270 g/mol. The molecule has 0 aliphatic carbocycles. The molecule has 0 N–H and O–H groups in total. The van der Waals surface area contributed by atoms with Gasteiger partial charge in [-0.15, -0.1) is 0 Å². The van der Waals surface area contributed by atoms with Gasteiger partial charge in [-0.05, 0) is 6.07 Å². The van der Waals surface area contributed by atoms with Gasteiger partial charge < -0.3 is 0 Å². The van der Waals surface area contributed by atoms with Crippen molar-refractivity contribution >= 4 is 23.1 Å². The molecule has 0 atom stereocenters. The molecule has 92 valence electrons. The van der Waals surface area contributed by atoms with Crippen molar-refractivity contribution in [1.29, 1.82) is 0 Å². The van der Waals surface area contributed by atoms with Crippen molar-refractivity contribution in [3.63, 3.8) is 0 Å². The fourth-order valence-electron chi connectivity index (χ4n) is 1.02. The zero-order valence-corrected chi connectivity index (χ0v) is 8.47. The maximum Gasteiger partial charge on any atom is 0.455 e. The lowest BCUT2D eigenvalue weighted by Gasteiger charge is -2.06. The number of rotatable bonds is 2. The Kier molecular flexibility index (Phi) is 3.37. The van der Waals surface area contributed by atoms with Crippen molar-refractivity contribution < 1.29 is 27.3 Å². The summed E-state index contributed by atoms with van der Waals surface area (Å²) in [6, 6.07) is 0.451. The Hall–Kier alpha value is -1.70. The fourth-order valence-corrected chi connectivity index (χ4v) is 1.19. The van der Waals surface area contributed by atoms with Gasteiger partial charge in [-0.1, -0.05) is 11.6 Å². The van der Waals surface area contributed by atoms with Crippen LogP contribution in [0.15, 0.2) is 12.1 Å². The summed E-state index contributed by atoms with van der Waals surface area (Å²) in [4.78, 5) is 19.9. The second kappa shape index (κ2) is 4.28. The Morgan fingerprint density at radius 3 is 2.29 bits per heavy atom. The summed E-state index contributed by atoms with van der Waals surface area (Å²) in [5, 5.41) is 9.59. The van der Waals surface area contributed by atoms with Crippen LogP contribution in [0.3, 0.4) is 0 Å². The van der Waals surface area contributed by atoms with Crippen molar-refractivity contribution in [2.75, 3.05) is 0 Å². The van der Waals surface area contributed by atoms with E-state index in [1.165, 1.54) is 0 Å². The molecule has 0 radical (unpaired) electrons. The van der Waals surface area contributed by atoms with E-state index in [0.717, 1.165) is 0 Å². The smallest absolute Gasteiger partial charge is 0.284 e. The average molecular weight is 272 g/mol. The zero-order valence-electron chi connectivity index (χ0n) is 7.72. The van der Waals surface area contributed by atoms with E-state index in [0.29, 0.717) is 0 Å². The van der Waals surface area contributed by atoms with Crippen molar-refractivity contribution in [2.45, 2.75) is 6.18 Å². The van der Waals surface area contributed by atoms with Crippen LogP contribution in [-0.4, -0.2) is 16.9 Å². The van der Waals surface area contributed by atoms with Crippen LogP contribution in [0.5, 0.6) is 0 Å². The van der Waals surface area contributed by atoms with Crippen molar-refractivity contribution in [3.05, 3.63) is 38.7 Å². The molecule has 4 nitrogen and oxygen atoms in total. The molecule has 0 aromatic heterocycles. The van der Waals surface area contributed by atoms with Crippen LogP contribution in [0.2, 0.25) is 5.02 Å². The van der Waals surface area contributed by atoms with Crippen molar-refractivity contribution in [3.8, 4) is 0 Å². The Morgan fingerprint density at radius 2 is 1.88 bits per heavy atom. The molecule has 0 aliphatic rings. The van der Waals surface area contributed by atoms with E-state index in [9.17, 15) is 32.5 Å². The second-order valence-corrected chi connectivity index (χ2v) is 3.27. The van der Waals surface area contributed by atoms with Gasteiger partial charge in [0.2, 0.25) is 0 Å². The summed E-state index contributed by atoms with van der Waals surface area (Å²) in [6.07, 6.45) is -5.30. The quantitative estimate of drug-likeness (QED) is 0.359. The number of ketones is 1. The summed E-state index contributed by atoms with van der Waals surface area (Å²) in [5.41, 5.74) is -2.58. The minimum atomic E-state index is -5.30. The van der Waals surface area contributed by atoms with E-state index < -0.39 is 39.0 Å². The minimum Gasteiger partial charge on any atom is -0.284 e. The number of hydrogen-bond acceptors (Lipinski definition) is 3. The molecule has 0 unspecified atom stereocenters. The first kappa shape index (κ1) is 13.4. The highest BCUT2D eigenvalue weighted by Crippen LogP contribution is 2.31. The first-order valence-electron chi connectivity index (χ1n) is 3.89. The third-order valence-corrected chi connectivity index (χ3v) is 2.03. The van der Waals surface area contributed by atoms with E-state index in [2.05, 4.69) is 0 Å². The van der Waals surface area contributed by atoms with Crippen LogP contribution in [-0.2, 0) is 0 Å². The Bertz CT molecular complexity index is 500. The maximum atomic E-state index is 12.9. The molecule has 9 heteroatoms. The number of halogens is 5. The number of carbonyl (C=O) groups excluding carboxylic acids is 1. The number of benzene rings is 1. The largest absolute Gasteiger partial charge is 0.455 e. The SMILES string of the molecule is O=C(c1cc(Cl)c(F)cc1[N+](=O)[O-])C(F)(F)F. The lowest BCUT2D eigenvalue weighted by molar-refractivity contribution is -0.385. The molecule has 1 aromatic carbocycles. The topological polar surface area (TPSA) is 60.2 Å². The maximum absolute atomic E-state index is 12.9. The van der Waals surface area contributed by atoms with Crippen LogP contribution in [0.1, 0.15) is 10.4 Å². The normalized spacial score (nSPS) is 11.4. The molecule has 0 saturated heterocycles. The Labute approximate surface area is 95.9 Å². The van der Waals surface area contributed by atoms with E-state index in [1.807, 2.05) is 0 Å². The highest BCUT2D eigenvalue weighted by Gasteiger charge is 2.43. The number of nitro benzene ring substituents is 1. The highest BCUT2D eigenvalue weighted by atomic mass is 35.5. The molecule has 1 aromatic rings. The fraction of sp³-hybridized carbons (Fsp3) is 0.125. The van der Waals surface area contributed by atoms with Crippen LogP contribution in [0.25, 0.3) is 0 Å². The number of nitrogens with zero attached hydrogens (tertiary/aromatic N) is 1. The molecule has 17 heavy (non-hydrogen) atoms. The molecule has 0 amide bonds. The van der Waals surface area contributed by atoms with Crippen LogP contribution in [0, 0.1) is 15.9 Å². The van der Waals surface area contributed by atoms with Crippen LogP contribution >= 0.6 is 11.6 Å². The van der Waals surface area contributed by atoms with Gasteiger partial charge in [0.15, 0.2) is 0 Å². The molecular formula is C8H2ClF4NO3. The third-order valence-electron chi connectivity index (χ3n) is 1.74. The van der Waals surface area contributed by atoms with Gasteiger partial charge in [-0.2, -0.15) is 13.2 Å². The first-order valence-corrected chi connectivity index (χ1v) is 4.27. The number of hydrogen-bond donors (Lipinski definition) is 0. The van der Waals surface area contributed by atoms with Gasteiger partial charge in [0.05, 0.1) is 16.0 Å². The Balaban J connectivity index is 3.47. The highest BCUT2D eigenvalue weighted by molar-refractivity contribution is 6.31. The van der Waals surface area contributed by atoms with Gasteiger partial charge >= 0.3 is 6.18 Å². The van der Waals surface area contributed by atoms with Gasteiger partial charge in [0.25, 0.3) is 11.5 Å². The molecule has 0 saturated carbocycles. The molecule has 0 bridgehead atoms. The van der Waals surface area contributed by atoms with E-state index in [-0.39, 0.29) is 12.1 Å². The average Bonchev–Trinajstić information content (AvgIpc) is 2.18. The third kappa shape index (κ3) is 2.70. The number of Topliss-reactive ketones (excluding diaryl/α,β-unsaturated/α-hetero) is 1. The van der Waals surface area contributed by atoms with Crippen LogP contribution in [0.4, 0.5) is 23.2 Å². The van der Waals surface area contributed by atoms with Gasteiger partial charge in [-0.25, -0.2) is 4.39 Å². The summed E-state index contributed by atoms with van der Waals surface area (Å²) < 4.78 is 49.2. The Morgan fingerprint density at radius 1 is 1.35 bits per heavy atom. The lowest BCUT2D eigenvalue weighted by atomic mass is 10.1. The predicted molar refractivity (Wildman–Crippen MR) is 48.4 cm³/mol. The molecule has 0 heterocycles. The zero-order chi connectivity index (χ0) is 13.4.